The summed E-state index contributed by atoms with van der Waals surface area (Å²) in [5, 5.41) is 2.92. The molecule has 0 aromatic heterocycles. The molecule has 1 aliphatic rings. The number of hydrogen-bond donors (Lipinski definition) is 2. The number of halogens is 4. The highest BCUT2D eigenvalue weighted by Gasteiger charge is 2.44. The second kappa shape index (κ2) is 8.81. The van der Waals surface area contributed by atoms with Crippen LogP contribution >= 0.6 is 12.4 Å². The van der Waals surface area contributed by atoms with Crippen molar-refractivity contribution >= 4 is 32.3 Å². The zero-order valence-electron chi connectivity index (χ0n) is 12.5. The molecule has 1 heterocycles. The summed E-state index contributed by atoms with van der Waals surface area (Å²) < 4.78 is 86.2. The molecule has 0 aliphatic carbocycles. The molecule has 0 aromatic carbocycles. The number of hydrogen-bond acceptors (Lipinski definition) is 6. The summed E-state index contributed by atoms with van der Waals surface area (Å²) >= 11 is 0. The summed E-state index contributed by atoms with van der Waals surface area (Å²) in [5.74, 6) is -1.38. The van der Waals surface area contributed by atoms with Gasteiger partial charge in [0.2, 0.25) is 10.0 Å². The Labute approximate surface area is 140 Å². The Bertz CT molecular complexity index is 562. The predicted octanol–water partition coefficient (Wildman–Crippen LogP) is -0.792. The van der Waals surface area contributed by atoms with Crippen LogP contribution in [-0.2, 0) is 19.9 Å². The number of rotatable bonds is 7. The third kappa shape index (κ3) is 9.05. The summed E-state index contributed by atoms with van der Waals surface area (Å²) in [7, 11) is -7.59. The van der Waals surface area contributed by atoms with Gasteiger partial charge in [-0.3, -0.25) is 4.90 Å². The first kappa shape index (κ1) is 22.9. The van der Waals surface area contributed by atoms with Gasteiger partial charge in [-0.1, -0.05) is 0 Å². The van der Waals surface area contributed by atoms with E-state index in [-0.39, 0.29) is 25.5 Å². The Morgan fingerprint density at radius 3 is 2.09 bits per heavy atom. The van der Waals surface area contributed by atoms with E-state index in [2.05, 4.69) is 5.32 Å². The van der Waals surface area contributed by atoms with E-state index in [4.69, 9.17) is 0 Å². The van der Waals surface area contributed by atoms with Crippen LogP contribution in [0.25, 0.3) is 0 Å². The summed E-state index contributed by atoms with van der Waals surface area (Å²) in [5.41, 5.74) is 0. The molecule has 0 amide bonds. The largest absolute Gasteiger partial charge is 0.405 e. The smallest absolute Gasteiger partial charge is 0.314 e. The van der Waals surface area contributed by atoms with Crippen molar-refractivity contribution in [2.75, 3.05) is 50.5 Å². The Morgan fingerprint density at radius 2 is 1.65 bits per heavy atom. The van der Waals surface area contributed by atoms with E-state index >= 15 is 0 Å². The topological polar surface area (TPSA) is 95.6 Å². The third-order valence-corrected chi connectivity index (χ3v) is 5.74. The first-order chi connectivity index (χ1) is 9.91. The number of alkyl halides is 3. The molecule has 0 aromatic rings. The third-order valence-electron chi connectivity index (χ3n) is 3.19. The van der Waals surface area contributed by atoms with E-state index in [0.717, 1.165) is 11.2 Å². The molecule has 1 rings (SSSR count). The average molecular weight is 404 g/mol. The van der Waals surface area contributed by atoms with Crippen LogP contribution in [0.5, 0.6) is 0 Å². The van der Waals surface area contributed by atoms with Gasteiger partial charge in [-0.05, 0) is 0 Å². The van der Waals surface area contributed by atoms with E-state index in [1.807, 2.05) is 4.72 Å². The summed E-state index contributed by atoms with van der Waals surface area (Å²) in [6.07, 6.45) is -3.71. The highest BCUT2D eigenvalue weighted by atomic mass is 35.5. The second-order valence-electron chi connectivity index (χ2n) is 5.14. The number of nitrogens with one attached hydrogen (secondary N) is 2. The monoisotopic (exact) mass is 403 g/mol. The Balaban J connectivity index is 0.00000484. The molecular formula is C10H21ClF3N3O4S2. The fourth-order valence-corrected chi connectivity index (χ4v) is 4.63. The maximum absolute atomic E-state index is 13.1. The molecule has 0 spiro atoms. The van der Waals surface area contributed by atoms with Crippen LogP contribution in [0.3, 0.4) is 0 Å². The Morgan fingerprint density at radius 1 is 1.13 bits per heavy atom. The van der Waals surface area contributed by atoms with E-state index in [1.54, 1.807) is 0 Å². The molecule has 7 nitrogen and oxygen atoms in total. The number of sulfone groups is 1. The summed E-state index contributed by atoms with van der Waals surface area (Å²) in [4.78, 5) is 1.16. The zero-order valence-corrected chi connectivity index (χ0v) is 14.9. The molecule has 2 N–H and O–H groups in total. The molecule has 13 heteroatoms. The molecule has 1 atom stereocenters. The highest BCUT2D eigenvalue weighted by Crippen LogP contribution is 2.24. The van der Waals surface area contributed by atoms with Gasteiger partial charge in [-0.15, -0.1) is 12.4 Å². The quantitative estimate of drug-likeness (QED) is 0.578. The van der Waals surface area contributed by atoms with Gasteiger partial charge in [0.15, 0.2) is 0 Å². The molecule has 23 heavy (non-hydrogen) atoms. The van der Waals surface area contributed by atoms with Crippen LogP contribution in [0, 0.1) is 0 Å². The van der Waals surface area contributed by atoms with Crippen molar-refractivity contribution in [1.82, 2.24) is 14.9 Å². The molecule has 1 unspecified atom stereocenters. The minimum Gasteiger partial charge on any atom is -0.314 e. The van der Waals surface area contributed by atoms with Crippen LogP contribution in [0.4, 0.5) is 13.2 Å². The molecule has 0 radical (unpaired) electrons. The fourth-order valence-electron chi connectivity index (χ4n) is 1.98. The van der Waals surface area contributed by atoms with Crippen LogP contribution in [0.15, 0.2) is 0 Å². The van der Waals surface area contributed by atoms with Crippen LogP contribution in [0.2, 0.25) is 0 Å². The van der Waals surface area contributed by atoms with Gasteiger partial charge < -0.3 is 5.32 Å². The molecule has 1 fully saturated rings. The standard InChI is InChI=1S/C10H20F3N3O4S2.ClH/c1-21(17,18)6-7-22(19,20)15-8-9(10(11,12)13)16-4-2-14-3-5-16;/h9,14-15H,2-8H2,1H3;1H. The van der Waals surface area contributed by atoms with Crippen LogP contribution in [0.1, 0.15) is 0 Å². The molecular weight excluding hydrogens is 383 g/mol. The van der Waals surface area contributed by atoms with Gasteiger partial charge in [0.1, 0.15) is 15.9 Å². The van der Waals surface area contributed by atoms with Crippen molar-refractivity contribution in [2.24, 2.45) is 0 Å². The lowest BCUT2D eigenvalue weighted by Crippen LogP contribution is -2.57. The lowest BCUT2D eigenvalue weighted by molar-refractivity contribution is -0.182. The molecule has 1 saturated heterocycles. The first-order valence-electron chi connectivity index (χ1n) is 6.57. The van der Waals surface area contributed by atoms with E-state index in [1.165, 1.54) is 0 Å². The van der Waals surface area contributed by atoms with E-state index in [9.17, 15) is 30.0 Å². The molecule has 0 saturated carbocycles. The van der Waals surface area contributed by atoms with E-state index < -0.39 is 50.1 Å². The van der Waals surface area contributed by atoms with E-state index in [0.29, 0.717) is 13.1 Å². The van der Waals surface area contributed by atoms with Gasteiger partial charge in [-0.25, -0.2) is 21.6 Å². The molecule has 0 bridgehead atoms. The Hall–Kier alpha value is -0.140. The van der Waals surface area contributed by atoms with Crippen molar-refractivity contribution in [3.8, 4) is 0 Å². The lowest BCUT2D eigenvalue weighted by Gasteiger charge is -2.35. The zero-order chi connectivity index (χ0) is 17.0. The van der Waals surface area contributed by atoms with Gasteiger partial charge in [0.25, 0.3) is 0 Å². The van der Waals surface area contributed by atoms with Gasteiger partial charge in [0.05, 0.1) is 11.5 Å². The van der Waals surface area contributed by atoms with Crippen molar-refractivity contribution in [3.63, 3.8) is 0 Å². The second-order valence-corrected chi connectivity index (χ2v) is 9.33. The predicted molar refractivity (Wildman–Crippen MR) is 83.0 cm³/mol. The van der Waals surface area contributed by atoms with Crippen LogP contribution < -0.4 is 10.0 Å². The summed E-state index contributed by atoms with van der Waals surface area (Å²) in [6, 6.07) is -1.93. The van der Waals surface area contributed by atoms with Crippen molar-refractivity contribution in [1.29, 1.82) is 0 Å². The maximum atomic E-state index is 13.1. The summed E-state index contributed by atoms with van der Waals surface area (Å²) in [6.45, 7) is 0.293. The fraction of sp³-hybridized carbons (Fsp3) is 1.00. The van der Waals surface area contributed by atoms with Gasteiger partial charge in [0, 0.05) is 39.0 Å². The number of sulfonamides is 1. The van der Waals surface area contributed by atoms with Gasteiger partial charge >= 0.3 is 6.18 Å². The van der Waals surface area contributed by atoms with Crippen molar-refractivity contribution in [2.45, 2.75) is 12.2 Å². The average Bonchev–Trinajstić information content (AvgIpc) is 2.35. The maximum Gasteiger partial charge on any atom is 0.405 e. The highest BCUT2D eigenvalue weighted by molar-refractivity contribution is 7.93. The SMILES string of the molecule is CS(=O)(=O)CCS(=O)(=O)NCC(N1CCNCC1)C(F)(F)F.Cl. The minimum atomic E-state index is -4.57. The van der Waals surface area contributed by atoms with Crippen molar-refractivity contribution in [3.05, 3.63) is 0 Å². The molecule has 1 aliphatic heterocycles. The Kier molecular flexibility index (Phi) is 8.76. The first-order valence-corrected chi connectivity index (χ1v) is 10.3. The van der Waals surface area contributed by atoms with Crippen LogP contribution in [-0.4, -0.2) is 84.4 Å². The number of nitrogens with zero attached hydrogens (tertiary/aromatic N) is 1. The lowest BCUT2D eigenvalue weighted by atomic mass is 10.2. The number of piperazine rings is 1. The normalized spacial score (nSPS) is 19.1. The van der Waals surface area contributed by atoms with Crippen molar-refractivity contribution < 1.29 is 30.0 Å². The van der Waals surface area contributed by atoms with Gasteiger partial charge in [-0.2, -0.15) is 13.2 Å². The minimum absolute atomic E-state index is 0. The molecule has 140 valence electrons.